The van der Waals surface area contributed by atoms with Crippen LogP contribution in [0, 0.1) is 0 Å². The third kappa shape index (κ3) is 3.38. The van der Waals surface area contributed by atoms with Crippen molar-refractivity contribution in [2.24, 2.45) is 10.9 Å². The van der Waals surface area contributed by atoms with E-state index in [0.29, 0.717) is 12.1 Å². The summed E-state index contributed by atoms with van der Waals surface area (Å²) in [7, 11) is 5.12. The van der Waals surface area contributed by atoms with Gasteiger partial charge in [0.1, 0.15) is 0 Å². The fraction of sp³-hybridized carbons (Fsp3) is 0.333. The molecule has 1 aromatic rings. The number of carbonyl (C=O) groups is 1. The summed E-state index contributed by atoms with van der Waals surface area (Å²) in [5, 5.41) is 11.6. The molecule has 2 amide bonds. The van der Waals surface area contributed by atoms with Gasteiger partial charge in [-0.25, -0.2) is 4.79 Å². The van der Waals surface area contributed by atoms with E-state index in [1.165, 1.54) is 4.90 Å². The molecule has 0 saturated carbocycles. The van der Waals surface area contributed by atoms with Crippen LogP contribution in [-0.2, 0) is 6.54 Å². The molecule has 98 valence electrons. The average molecular weight is 250 g/mol. The Morgan fingerprint density at radius 1 is 1.39 bits per heavy atom. The van der Waals surface area contributed by atoms with E-state index in [-0.39, 0.29) is 11.9 Å². The fourth-order valence-corrected chi connectivity index (χ4v) is 1.57. The first-order chi connectivity index (χ1) is 8.45. The van der Waals surface area contributed by atoms with Crippen molar-refractivity contribution in [1.82, 2.24) is 9.80 Å². The minimum absolute atomic E-state index is 0.0541. The predicted molar refractivity (Wildman–Crippen MR) is 69.5 cm³/mol. The molecule has 0 aliphatic carbocycles. The molecule has 0 unspecified atom stereocenters. The Morgan fingerprint density at radius 3 is 2.61 bits per heavy atom. The predicted octanol–water partition coefficient (Wildman–Crippen LogP) is 0.895. The van der Waals surface area contributed by atoms with Gasteiger partial charge in [-0.15, -0.1) is 0 Å². The second kappa shape index (κ2) is 5.90. The van der Waals surface area contributed by atoms with Gasteiger partial charge in [-0.2, -0.15) is 0 Å². The van der Waals surface area contributed by atoms with E-state index in [1.807, 2.05) is 6.07 Å². The first kappa shape index (κ1) is 13.8. The van der Waals surface area contributed by atoms with Crippen LogP contribution in [0.25, 0.3) is 0 Å². The summed E-state index contributed by atoms with van der Waals surface area (Å²) in [5.74, 6) is 0.0541. The van der Waals surface area contributed by atoms with Crippen LogP contribution in [0.5, 0.6) is 0 Å². The van der Waals surface area contributed by atoms with Crippen LogP contribution in [0.3, 0.4) is 0 Å². The van der Waals surface area contributed by atoms with Gasteiger partial charge in [0, 0.05) is 33.3 Å². The Balaban J connectivity index is 2.83. The number of hydrogen-bond acceptors (Lipinski definition) is 3. The second-order valence-electron chi connectivity index (χ2n) is 4.22. The highest BCUT2D eigenvalue weighted by Crippen LogP contribution is 2.08. The number of carbonyl (C=O) groups excluding carboxylic acids is 1. The normalized spacial score (nSPS) is 11.2. The Labute approximate surface area is 106 Å². The van der Waals surface area contributed by atoms with E-state index in [1.54, 1.807) is 44.2 Å². The van der Waals surface area contributed by atoms with Crippen molar-refractivity contribution < 1.29 is 10.0 Å². The van der Waals surface area contributed by atoms with E-state index < -0.39 is 0 Å². The summed E-state index contributed by atoms with van der Waals surface area (Å²) in [5.41, 5.74) is 7.05. The van der Waals surface area contributed by atoms with Crippen molar-refractivity contribution in [3.05, 3.63) is 35.4 Å². The molecule has 6 nitrogen and oxygen atoms in total. The number of amides is 2. The molecule has 6 heteroatoms. The van der Waals surface area contributed by atoms with Crippen molar-refractivity contribution in [2.75, 3.05) is 21.1 Å². The molecule has 0 radical (unpaired) electrons. The van der Waals surface area contributed by atoms with E-state index in [9.17, 15) is 4.79 Å². The molecule has 0 bridgehead atoms. The lowest BCUT2D eigenvalue weighted by Crippen LogP contribution is -2.35. The van der Waals surface area contributed by atoms with E-state index in [4.69, 9.17) is 10.9 Å². The fourth-order valence-electron chi connectivity index (χ4n) is 1.57. The average Bonchev–Trinajstić information content (AvgIpc) is 2.36. The number of oxime groups is 1. The van der Waals surface area contributed by atoms with E-state index in [2.05, 4.69) is 5.16 Å². The maximum atomic E-state index is 11.7. The molecule has 0 aliphatic rings. The summed E-state index contributed by atoms with van der Waals surface area (Å²) in [4.78, 5) is 14.8. The molecule has 0 fully saturated rings. The molecular formula is C12H18N4O2. The van der Waals surface area contributed by atoms with Crippen LogP contribution in [0.1, 0.15) is 11.1 Å². The maximum absolute atomic E-state index is 11.7. The van der Waals surface area contributed by atoms with Crippen LogP contribution >= 0.6 is 0 Å². The summed E-state index contributed by atoms with van der Waals surface area (Å²) in [6, 6.07) is 7.13. The third-order valence-electron chi connectivity index (χ3n) is 2.46. The lowest BCUT2D eigenvalue weighted by atomic mass is 10.1. The zero-order valence-corrected chi connectivity index (χ0v) is 10.8. The summed E-state index contributed by atoms with van der Waals surface area (Å²) in [6.45, 7) is 0.462. The molecule has 18 heavy (non-hydrogen) atoms. The maximum Gasteiger partial charge on any atom is 0.319 e. The SMILES string of the molecule is CN(C)C(=O)N(C)Cc1cccc(C(N)=NO)c1. The zero-order chi connectivity index (χ0) is 13.7. The standard InChI is InChI=1S/C12H18N4O2/c1-15(2)12(17)16(3)8-9-5-4-6-10(7-9)11(13)14-18/h4-7,18H,8H2,1-3H3,(H2,13,14). The van der Waals surface area contributed by atoms with Crippen LogP contribution < -0.4 is 5.73 Å². The third-order valence-corrected chi connectivity index (χ3v) is 2.46. The van der Waals surface area contributed by atoms with Crippen molar-refractivity contribution in [1.29, 1.82) is 0 Å². The number of hydrogen-bond donors (Lipinski definition) is 2. The number of amidine groups is 1. The minimum Gasteiger partial charge on any atom is -0.409 e. The molecule has 1 aromatic carbocycles. The number of benzene rings is 1. The molecular weight excluding hydrogens is 232 g/mol. The van der Waals surface area contributed by atoms with Crippen molar-refractivity contribution >= 4 is 11.9 Å². The largest absolute Gasteiger partial charge is 0.409 e. The van der Waals surface area contributed by atoms with Gasteiger partial charge in [0.05, 0.1) is 0 Å². The molecule has 0 atom stereocenters. The molecule has 0 aliphatic heterocycles. The highest BCUT2D eigenvalue weighted by atomic mass is 16.4. The Morgan fingerprint density at radius 2 is 2.06 bits per heavy atom. The number of rotatable bonds is 3. The summed E-state index contributed by atoms with van der Waals surface area (Å²) in [6.07, 6.45) is 0. The van der Waals surface area contributed by atoms with E-state index >= 15 is 0 Å². The molecule has 1 rings (SSSR count). The first-order valence-corrected chi connectivity index (χ1v) is 5.45. The highest BCUT2D eigenvalue weighted by molar-refractivity contribution is 5.97. The quantitative estimate of drug-likeness (QED) is 0.362. The smallest absolute Gasteiger partial charge is 0.319 e. The van der Waals surface area contributed by atoms with Crippen molar-refractivity contribution in [3.63, 3.8) is 0 Å². The van der Waals surface area contributed by atoms with Gasteiger partial charge >= 0.3 is 6.03 Å². The van der Waals surface area contributed by atoms with Crippen LogP contribution in [0.4, 0.5) is 4.79 Å². The van der Waals surface area contributed by atoms with Crippen molar-refractivity contribution in [2.45, 2.75) is 6.54 Å². The van der Waals surface area contributed by atoms with Crippen LogP contribution in [0.15, 0.2) is 29.4 Å². The van der Waals surface area contributed by atoms with Gasteiger partial charge in [-0.05, 0) is 11.6 Å². The topological polar surface area (TPSA) is 82.2 Å². The van der Waals surface area contributed by atoms with Gasteiger partial charge in [0.25, 0.3) is 0 Å². The second-order valence-corrected chi connectivity index (χ2v) is 4.22. The summed E-state index contributed by atoms with van der Waals surface area (Å²) < 4.78 is 0. The lowest BCUT2D eigenvalue weighted by Gasteiger charge is -2.21. The lowest BCUT2D eigenvalue weighted by molar-refractivity contribution is 0.180. The number of nitrogens with zero attached hydrogens (tertiary/aromatic N) is 3. The van der Waals surface area contributed by atoms with Gasteiger partial charge in [-0.1, -0.05) is 23.4 Å². The Hall–Kier alpha value is -2.24. The molecule has 0 heterocycles. The monoisotopic (exact) mass is 250 g/mol. The zero-order valence-electron chi connectivity index (χ0n) is 10.8. The Kier molecular flexibility index (Phi) is 4.53. The summed E-state index contributed by atoms with van der Waals surface area (Å²) >= 11 is 0. The first-order valence-electron chi connectivity index (χ1n) is 5.45. The number of nitrogens with two attached hydrogens (primary N) is 1. The molecule has 3 N–H and O–H groups in total. The molecule has 0 aromatic heterocycles. The van der Waals surface area contributed by atoms with Gasteiger partial charge in [0.2, 0.25) is 0 Å². The molecule has 0 saturated heterocycles. The van der Waals surface area contributed by atoms with Gasteiger partial charge in [-0.3, -0.25) is 0 Å². The Bertz CT molecular complexity index is 457. The molecule has 0 spiro atoms. The van der Waals surface area contributed by atoms with Crippen LogP contribution in [0.2, 0.25) is 0 Å². The van der Waals surface area contributed by atoms with Gasteiger partial charge < -0.3 is 20.7 Å². The highest BCUT2D eigenvalue weighted by Gasteiger charge is 2.11. The van der Waals surface area contributed by atoms with Gasteiger partial charge in [0.15, 0.2) is 5.84 Å². The van der Waals surface area contributed by atoms with E-state index in [0.717, 1.165) is 5.56 Å². The number of urea groups is 1. The van der Waals surface area contributed by atoms with Crippen LogP contribution in [-0.4, -0.2) is 48.0 Å². The van der Waals surface area contributed by atoms with Crippen molar-refractivity contribution in [3.8, 4) is 0 Å². The minimum atomic E-state index is -0.0794.